The number of halogens is 1. The first-order valence-corrected chi connectivity index (χ1v) is 7.58. The summed E-state index contributed by atoms with van der Waals surface area (Å²) < 4.78 is 20.3. The van der Waals surface area contributed by atoms with Crippen LogP contribution in [0.1, 0.15) is 32.5 Å². The summed E-state index contributed by atoms with van der Waals surface area (Å²) in [5, 5.41) is 0. The van der Waals surface area contributed by atoms with Gasteiger partial charge in [-0.1, -0.05) is 12.1 Å². The van der Waals surface area contributed by atoms with Crippen molar-refractivity contribution in [2.75, 3.05) is 19.7 Å². The summed E-state index contributed by atoms with van der Waals surface area (Å²) in [7, 11) is 1.69. The highest BCUT2D eigenvalue weighted by atomic mass is 19.1. The maximum atomic E-state index is 13.0. The molecule has 1 fully saturated rings. The number of primary amides is 1. The fourth-order valence-electron chi connectivity index (χ4n) is 2.79. The number of carbonyl (C=O) groups is 2. The number of nitrogens with two attached hydrogens (primary N) is 1. The molecule has 2 aromatic rings. The van der Waals surface area contributed by atoms with Crippen molar-refractivity contribution in [1.29, 1.82) is 0 Å². The number of nitrogens with zero attached hydrogens (tertiary/aromatic N) is 2. The first-order valence-electron chi connectivity index (χ1n) is 7.58. The first kappa shape index (κ1) is 16.2. The van der Waals surface area contributed by atoms with Crippen LogP contribution in [0.4, 0.5) is 4.39 Å². The van der Waals surface area contributed by atoms with E-state index >= 15 is 0 Å². The maximum absolute atomic E-state index is 13.0. The van der Waals surface area contributed by atoms with Gasteiger partial charge >= 0.3 is 0 Å². The average Bonchev–Trinajstić information content (AvgIpc) is 2.97. The molecule has 0 aliphatic carbocycles. The molecule has 2 N–H and O–H groups in total. The molecule has 1 saturated heterocycles. The smallest absolute Gasteiger partial charge is 0.270 e. The van der Waals surface area contributed by atoms with Crippen molar-refractivity contribution in [1.82, 2.24) is 9.47 Å². The molecule has 1 aliphatic heterocycles. The zero-order chi connectivity index (χ0) is 17.3. The average molecular weight is 331 g/mol. The van der Waals surface area contributed by atoms with Gasteiger partial charge < -0.3 is 19.9 Å². The fraction of sp³-hybridized carbons (Fsp3) is 0.294. The summed E-state index contributed by atoms with van der Waals surface area (Å²) in [6.07, 6.45) is 1.23. The Morgan fingerprint density at radius 2 is 2.00 bits per heavy atom. The number of rotatable bonds is 3. The van der Waals surface area contributed by atoms with E-state index in [2.05, 4.69) is 0 Å². The van der Waals surface area contributed by atoms with E-state index in [-0.39, 0.29) is 17.8 Å². The summed E-state index contributed by atoms with van der Waals surface area (Å²) in [6.45, 7) is 1.20. The summed E-state index contributed by atoms with van der Waals surface area (Å²) >= 11 is 0. The van der Waals surface area contributed by atoms with Crippen molar-refractivity contribution < 1.29 is 18.7 Å². The third kappa shape index (κ3) is 3.16. The Morgan fingerprint density at radius 3 is 2.62 bits per heavy atom. The molecule has 24 heavy (non-hydrogen) atoms. The number of hydrogen-bond acceptors (Lipinski definition) is 3. The number of aromatic nitrogens is 1. The number of benzene rings is 1. The zero-order valence-corrected chi connectivity index (χ0v) is 13.2. The van der Waals surface area contributed by atoms with Crippen LogP contribution in [0.3, 0.4) is 0 Å². The number of aryl methyl sites for hydroxylation is 1. The molecule has 1 aliphatic rings. The van der Waals surface area contributed by atoms with Gasteiger partial charge in [-0.05, 0) is 23.8 Å². The van der Waals surface area contributed by atoms with Crippen LogP contribution in [0.5, 0.6) is 0 Å². The summed E-state index contributed by atoms with van der Waals surface area (Å²) in [5.41, 5.74) is 6.76. The van der Waals surface area contributed by atoms with Gasteiger partial charge in [-0.2, -0.15) is 0 Å². The second kappa shape index (κ2) is 6.45. The van der Waals surface area contributed by atoms with Gasteiger partial charge in [0.15, 0.2) is 0 Å². The highest BCUT2D eigenvalue weighted by Crippen LogP contribution is 2.24. The number of ether oxygens (including phenoxy) is 1. The van der Waals surface area contributed by atoms with Gasteiger partial charge in [-0.15, -0.1) is 0 Å². The van der Waals surface area contributed by atoms with E-state index in [4.69, 9.17) is 10.5 Å². The largest absolute Gasteiger partial charge is 0.370 e. The molecular formula is C17H18FN3O3. The number of amides is 2. The lowest BCUT2D eigenvalue weighted by molar-refractivity contribution is -0.0231. The van der Waals surface area contributed by atoms with Crippen LogP contribution in [-0.2, 0) is 11.8 Å². The third-order valence-electron chi connectivity index (χ3n) is 4.10. The standard InChI is InChI=1S/C17H18FN3O3/c1-20-9-12(16(19)22)8-14(20)17(23)21-6-7-24-15(10-21)11-2-4-13(18)5-3-11/h2-5,8-9,15H,6-7,10H2,1H3,(H2,19,22). The van der Waals surface area contributed by atoms with E-state index in [1.165, 1.54) is 24.4 Å². The first-order chi connectivity index (χ1) is 11.5. The van der Waals surface area contributed by atoms with Gasteiger partial charge in [0.05, 0.1) is 18.7 Å². The maximum Gasteiger partial charge on any atom is 0.270 e. The normalized spacial score (nSPS) is 17.8. The summed E-state index contributed by atoms with van der Waals surface area (Å²) in [4.78, 5) is 25.7. The monoisotopic (exact) mass is 331 g/mol. The molecule has 0 spiro atoms. The SMILES string of the molecule is Cn1cc(C(N)=O)cc1C(=O)N1CCOC(c2ccc(F)cc2)C1. The molecule has 0 radical (unpaired) electrons. The molecular weight excluding hydrogens is 313 g/mol. The van der Waals surface area contributed by atoms with Crippen LogP contribution in [0.25, 0.3) is 0 Å². The van der Waals surface area contributed by atoms with Crippen molar-refractivity contribution >= 4 is 11.8 Å². The Labute approximate surface area is 138 Å². The Kier molecular flexibility index (Phi) is 4.35. The molecule has 126 valence electrons. The van der Waals surface area contributed by atoms with Crippen LogP contribution in [0.2, 0.25) is 0 Å². The Balaban J connectivity index is 1.78. The van der Waals surface area contributed by atoms with Crippen LogP contribution in [-0.4, -0.2) is 41.0 Å². The van der Waals surface area contributed by atoms with Crippen molar-refractivity contribution in [2.24, 2.45) is 12.8 Å². The Hall–Kier alpha value is -2.67. The molecule has 2 heterocycles. The van der Waals surface area contributed by atoms with E-state index in [1.807, 2.05) is 0 Å². The van der Waals surface area contributed by atoms with E-state index in [0.29, 0.717) is 31.0 Å². The second-order valence-corrected chi connectivity index (χ2v) is 5.75. The van der Waals surface area contributed by atoms with Crippen molar-refractivity contribution in [3.63, 3.8) is 0 Å². The van der Waals surface area contributed by atoms with E-state index in [0.717, 1.165) is 5.56 Å². The predicted molar refractivity (Wildman–Crippen MR) is 84.9 cm³/mol. The van der Waals surface area contributed by atoms with Crippen molar-refractivity contribution in [2.45, 2.75) is 6.10 Å². The number of carbonyl (C=O) groups excluding carboxylic acids is 2. The van der Waals surface area contributed by atoms with Crippen LogP contribution >= 0.6 is 0 Å². The Bertz CT molecular complexity index is 770. The van der Waals surface area contributed by atoms with E-state index in [9.17, 15) is 14.0 Å². The minimum absolute atomic E-state index is 0.194. The minimum Gasteiger partial charge on any atom is -0.370 e. The molecule has 6 nitrogen and oxygen atoms in total. The molecule has 1 aromatic heterocycles. The lowest BCUT2D eigenvalue weighted by Gasteiger charge is -2.33. The molecule has 1 aromatic carbocycles. The van der Waals surface area contributed by atoms with Gasteiger partial charge in [0.25, 0.3) is 5.91 Å². The molecule has 1 atom stereocenters. The zero-order valence-electron chi connectivity index (χ0n) is 13.2. The number of morpholine rings is 1. The van der Waals surface area contributed by atoms with Gasteiger partial charge in [0.1, 0.15) is 17.6 Å². The Morgan fingerprint density at radius 1 is 1.29 bits per heavy atom. The molecule has 1 unspecified atom stereocenters. The summed E-state index contributed by atoms with van der Waals surface area (Å²) in [5.74, 6) is -1.08. The molecule has 3 rings (SSSR count). The predicted octanol–water partition coefficient (Wildman–Crippen LogP) is 1.48. The molecule has 0 saturated carbocycles. The van der Waals surface area contributed by atoms with Gasteiger partial charge in [-0.25, -0.2) is 4.39 Å². The van der Waals surface area contributed by atoms with E-state index < -0.39 is 5.91 Å². The second-order valence-electron chi connectivity index (χ2n) is 5.75. The van der Waals surface area contributed by atoms with Crippen molar-refractivity contribution in [3.05, 3.63) is 59.2 Å². The quantitative estimate of drug-likeness (QED) is 0.925. The van der Waals surface area contributed by atoms with Crippen LogP contribution < -0.4 is 5.73 Å². The van der Waals surface area contributed by atoms with Crippen LogP contribution in [0.15, 0.2) is 36.5 Å². The van der Waals surface area contributed by atoms with Gasteiger partial charge in [0.2, 0.25) is 5.91 Å². The minimum atomic E-state index is -0.573. The lowest BCUT2D eigenvalue weighted by atomic mass is 10.1. The third-order valence-corrected chi connectivity index (χ3v) is 4.10. The highest BCUT2D eigenvalue weighted by Gasteiger charge is 2.28. The van der Waals surface area contributed by atoms with E-state index in [1.54, 1.807) is 28.6 Å². The van der Waals surface area contributed by atoms with Gasteiger partial charge in [0, 0.05) is 19.8 Å². The van der Waals surface area contributed by atoms with Gasteiger partial charge in [-0.3, -0.25) is 9.59 Å². The summed E-state index contributed by atoms with van der Waals surface area (Å²) in [6, 6.07) is 7.54. The molecule has 7 heteroatoms. The fourth-order valence-corrected chi connectivity index (χ4v) is 2.79. The number of hydrogen-bond donors (Lipinski definition) is 1. The lowest BCUT2D eigenvalue weighted by Crippen LogP contribution is -2.42. The topological polar surface area (TPSA) is 77.6 Å². The molecule has 0 bridgehead atoms. The molecule has 2 amide bonds. The highest BCUT2D eigenvalue weighted by molar-refractivity contribution is 5.98. The van der Waals surface area contributed by atoms with Crippen LogP contribution in [0, 0.1) is 5.82 Å². The van der Waals surface area contributed by atoms with Crippen molar-refractivity contribution in [3.8, 4) is 0 Å².